The molecular formula is C10H7F6NO3. The fourth-order valence-corrected chi connectivity index (χ4v) is 1.25. The van der Waals surface area contributed by atoms with E-state index in [1.54, 1.807) is 0 Å². The first-order valence-electron chi connectivity index (χ1n) is 4.93. The Balaban J connectivity index is 3.29. The highest BCUT2D eigenvalue weighted by Crippen LogP contribution is 2.31. The van der Waals surface area contributed by atoms with E-state index in [-0.39, 0.29) is 6.20 Å². The van der Waals surface area contributed by atoms with Crippen molar-refractivity contribution >= 4 is 5.97 Å². The summed E-state index contributed by atoms with van der Waals surface area (Å²) in [5.74, 6) is -4.14. The van der Waals surface area contributed by atoms with Crippen LogP contribution in [0.3, 0.4) is 0 Å². The van der Waals surface area contributed by atoms with Crippen molar-refractivity contribution in [1.29, 1.82) is 0 Å². The number of rotatable bonds is 4. The number of pyridine rings is 1. The lowest BCUT2D eigenvalue weighted by molar-refractivity contribution is -0.276. The summed E-state index contributed by atoms with van der Waals surface area (Å²) in [6, 6.07) is 0. The molecule has 0 bridgehead atoms. The van der Waals surface area contributed by atoms with Gasteiger partial charge in [-0.1, -0.05) is 0 Å². The Kier molecular flexibility index (Phi) is 4.79. The van der Waals surface area contributed by atoms with Crippen molar-refractivity contribution in [3.8, 4) is 5.88 Å². The number of esters is 1. The van der Waals surface area contributed by atoms with Gasteiger partial charge >= 0.3 is 12.3 Å². The lowest BCUT2D eigenvalue weighted by Gasteiger charge is -2.14. The van der Waals surface area contributed by atoms with Crippen molar-refractivity contribution in [3.05, 3.63) is 23.1 Å². The molecule has 0 unspecified atom stereocenters. The molecule has 1 rings (SSSR count). The van der Waals surface area contributed by atoms with Gasteiger partial charge in [0, 0.05) is 6.20 Å². The third-order valence-electron chi connectivity index (χ3n) is 2.09. The summed E-state index contributed by atoms with van der Waals surface area (Å²) in [5.41, 5.74) is -2.29. The van der Waals surface area contributed by atoms with Crippen molar-refractivity contribution in [2.75, 3.05) is 7.11 Å². The van der Waals surface area contributed by atoms with Crippen LogP contribution in [-0.4, -0.2) is 24.4 Å². The lowest BCUT2D eigenvalue weighted by Crippen LogP contribution is -2.21. The van der Waals surface area contributed by atoms with Crippen LogP contribution in [0.5, 0.6) is 5.88 Å². The average Bonchev–Trinajstić information content (AvgIpc) is 2.31. The van der Waals surface area contributed by atoms with Gasteiger partial charge in [-0.25, -0.2) is 18.2 Å². The molecule has 0 radical (unpaired) electrons. The zero-order valence-corrected chi connectivity index (χ0v) is 9.80. The number of nitrogens with zero attached hydrogens (tertiary/aromatic N) is 1. The SMILES string of the molecule is COC(=O)Cc1c(OC(F)(F)F)ncc(C(F)F)c1F. The quantitative estimate of drug-likeness (QED) is 0.634. The smallest absolute Gasteiger partial charge is 0.469 e. The Labute approximate surface area is 108 Å². The van der Waals surface area contributed by atoms with Crippen LogP contribution in [0.2, 0.25) is 0 Å². The van der Waals surface area contributed by atoms with Crippen LogP contribution in [0.25, 0.3) is 0 Å². The molecule has 1 aromatic heterocycles. The van der Waals surface area contributed by atoms with Gasteiger partial charge in [0.15, 0.2) is 0 Å². The van der Waals surface area contributed by atoms with E-state index in [0.29, 0.717) is 0 Å². The first kappa shape index (κ1) is 16.1. The van der Waals surface area contributed by atoms with Gasteiger partial charge in [-0.05, 0) is 0 Å². The molecule has 0 N–H and O–H groups in total. The number of aromatic nitrogens is 1. The normalized spacial score (nSPS) is 11.6. The highest BCUT2D eigenvalue weighted by molar-refractivity contribution is 5.73. The van der Waals surface area contributed by atoms with Gasteiger partial charge in [-0.3, -0.25) is 4.79 Å². The van der Waals surface area contributed by atoms with Crippen LogP contribution >= 0.6 is 0 Å². The molecule has 20 heavy (non-hydrogen) atoms. The number of methoxy groups -OCH3 is 1. The average molecular weight is 303 g/mol. The summed E-state index contributed by atoms with van der Waals surface area (Å²) in [7, 11) is 0.898. The van der Waals surface area contributed by atoms with Crippen molar-refractivity contribution in [1.82, 2.24) is 4.98 Å². The number of ether oxygens (including phenoxy) is 2. The van der Waals surface area contributed by atoms with E-state index >= 15 is 0 Å². The summed E-state index contributed by atoms with van der Waals surface area (Å²) in [6.45, 7) is 0. The number of halogens is 6. The maximum Gasteiger partial charge on any atom is 0.574 e. The van der Waals surface area contributed by atoms with Gasteiger partial charge in [0.1, 0.15) is 5.82 Å². The maximum atomic E-state index is 13.7. The predicted octanol–water partition coefficient (Wildman–Crippen LogP) is 2.77. The minimum absolute atomic E-state index is 0.210. The Morgan fingerprint density at radius 2 is 2.00 bits per heavy atom. The van der Waals surface area contributed by atoms with Crippen LogP contribution in [-0.2, 0) is 16.0 Å². The summed E-state index contributed by atoms with van der Waals surface area (Å²) in [6.07, 6.45) is -9.33. The minimum Gasteiger partial charge on any atom is -0.469 e. The number of hydrogen-bond donors (Lipinski definition) is 0. The van der Waals surface area contributed by atoms with E-state index in [9.17, 15) is 31.1 Å². The number of carbonyl (C=O) groups excluding carboxylic acids is 1. The van der Waals surface area contributed by atoms with Crippen LogP contribution in [0, 0.1) is 5.82 Å². The monoisotopic (exact) mass is 303 g/mol. The number of hydrogen-bond acceptors (Lipinski definition) is 4. The molecule has 0 aliphatic rings. The van der Waals surface area contributed by atoms with E-state index in [0.717, 1.165) is 7.11 Å². The molecule has 0 aromatic carbocycles. The van der Waals surface area contributed by atoms with E-state index < -0.39 is 48.0 Å². The fourth-order valence-electron chi connectivity index (χ4n) is 1.25. The molecule has 112 valence electrons. The maximum absolute atomic E-state index is 13.7. The molecule has 0 saturated carbocycles. The molecule has 0 saturated heterocycles. The number of carbonyl (C=O) groups is 1. The summed E-state index contributed by atoms with van der Waals surface area (Å²) >= 11 is 0. The Hall–Kier alpha value is -2.00. The van der Waals surface area contributed by atoms with Crippen molar-refractivity contribution in [2.45, 2.75) is 19.2 Å². The highest BCUT2D eigenvalue weighted by Gasteiger charge is 2.35. The third-order valence-corrected chi connectivity index (χ3v) is 2.09. The number of alkyl halides is 5. The van der Waals surface area contributed by atoms with Crippen LogP contribution in [0.4, 0.5) is 26.3 Å². The van der Waals surface area contributed by atoms with Crippen molar-refractivity contribution in [2.24, 2.45) is 0 Å². The van der Waals surface area contributed by atoms with Crippen molar-refractivity contribution in [3.63, 3.8) is 0 Å². The topological polar surface area (TPSA) is 48.4 Å². The first-order valence-corrected chi connectivity index (χ1v) is 4.93. The molecule has 4 nitrogen and oxygen atoms in total. The third kappa shape index (κ3) is 4.00. The Morgan fingerprint density at radius 1 is 1.40 bits per heavy atom. The van der Waals surface area contributed by atoms with Crippen molar-refractivity contribution < 1.29 is 40.6 Å². The minimum atomic E-state index is -5.21. The summed E-state index contributed by atoms with van der Waals surface area (Å²) in [5, 5.41) is 0. The van der Waals surface area contributed by atoms with Crippen LogP contribution in [0.1, 0.15) is 17.6 Å². The summed E-state index contributed by atoms with van der Waals surface area (Å²) in [4.78, 5) is 14.0. The fraction of sp³-hybridized carbons (Fsp3) is 0.400. The van der Waals surface area contributed by atoms with Crippen LogP contribution in [0.15, 0.2) is 6.20 Å². The second-order valence-electron chi connectivity index (χ2n) is 3.41. The van der Waals surface area contributed by atoms with Crippen LogP contribution < -0.4 is 4.74 Å². The van der Waals surface area contributed by atoms with E-state index in [1.165, 1.54) is 0 Å². The highest BCUT2D eigenvalue weighted by atomic mass is 19.4. The van der Waals surface area contributed by atoms with Gasteiger partial charge < -0.3 is 9.47 Å². The van der Waals surface area contributed by atoms with Gasteiger partial charge in [0.2, 0.25) is 5.88 Å². The van der Waals surface area contributed by atoms with E-state index in [2.05, 4.69) is 14.5 Å². The lowest BCUT2D eigenvalue weighted by atomic mass is 10.1. The molecule has 0 atom stereocenters. The molecular weight excluding hydrogens is 296 g/mol. The van der Waals surface area contributed by atoms with Gasteiger partial charge in [-0.2, -0.15) is 0 Å². The zero-order valence-electron chi connectivity index (χ0n) is 9.80. The standard InChI is InChI=1S/C10H7F6NO3/c1-19-6(18)2-4-7(11)5(8(12)13)3-17-9(4)20-10(14,15)16/h3,8H,2H2,1H3. The molecule has 0 aliphatic carbocycles. The van der Waals surface area contributed by atoms with Gasteiger partial charge in [0.25, 0.3) is 6.43 Å². The largest absolute Gasteiger partial charge is 0.574 e. The molecule has 0 amide bonds. The molecule has 1 aromatic rings. The first-order chi connectivity index (χ1) is 9.15. The van der Waals surface area contributed by atoms with E-state index in [4.69, 9.17) is 0 Å². The van der Waals surface area contributed by atoms with Gasteiger partial charge in [0.05, 0.1) is 24.7 Å². The zero-order chi connectivity index (χ0) is 15.5. The second kappa shape index (κ2) is 5.97. The molecule has 0 fully saturated rings. The molecule has 1 heterocycles. The molecule has 0 aliphatic heterocycles. The Bertz CT molecular complexity index is 503. The molecule has 0 spiro atoms. The second-order valence-corrected chi connectivity index (χ2v) is 3.41. The van der Waals surface area contributed by atoms with E-state index in [1.807, 2.05) is 0 Å². The molecule has 10 heteroatoms. The predicted molar refractivity (Wildman–Crippen MR) is 51.6 cm³/mol. The Morgan fingerprint density at radius 3 is 2.45 bits per heavy atom. The summed E-state index contributed by atoms with van der Waals surface area (Å²) < 4.78 is 82.3. The van der Waals surface area contributed by atoms with Gasteiger partial charge in [-0.15, -0.1) is 13.2 Å².